The Morgan fingerprint density at radius 1 is 1.58 bits per heavy atom. The van der Waals surface area contributed by atoms with Crippen LogP contribution in [0.25, 0.3) is 0 Å². The molecule has 4 nitrogen and oxygen atoms in total. The maximum atomic E-state index is 11.3. The third-order valence-corrected chi connectivity index (χ3v) is 2.19. The lowest BCUT2D eigenvalue weighted by molar-refractivity contribution is 0.0985. The number of likely N-dealkylation sites (tertiary alicyclic amines) is 1. The molecule has 0 bridgehead atoms. The van der Waals surface area contributed by atoms with Crippen LogP contribution >= 0.6 is 0 Å². The molecule has 0 unspecified atom stereocenters. The maximum Gasteiger partial charge on any atom is 0.319 e. The summed E-state index contributed by atoms with van der Waals surface area (Å²) >= 11 is 0. The molecule has 0 aliphatic carbocycles. The molecule has 0 radical (unpaired) electrons. The van der Waals surface area contributed by atoms with Gasteiger partial charge in [-0.3, -0.25) is 0 Å². The number of nitrogens with two attached hydrogens (primary N) is 1. The summed E-state index contributed by atoms with van der Waals surface area (Å²) in [6, 6.07) is 0.114. The molecule has 12 heavy (non-hydrogen) atoms. The van der Waals surface area contributed by atoms with E-state index in [1.165, 1.54) is 0 Å². The molecule has 1 saturated heterocycles. The van der Waals surface area contributed by atoms with Crippen molar-refractivity contribution >= 4 is 6.03 Å². The second-order valence-electron chi connectivity index (χ2n) is 3.53. The van der Waals surface area contributed by atoms with Gasteiger partial charge in [0.1, 0.15) is 0 Å². The molecule has 0 atom stereocenters. The minimum Gasteiger partial charge on any atom is -0.331 e. The van der Waals surface area contributed by atoms with Crippen LogP contribution in [0.4, 0.5) is 4.79 Å². The Bertz CT molecular complexity index is 164. The normalized spacial score (nSPS) is 17.4. The first kappa shape index (κ1) is 9.32. The van der Waals surface area contributed by atoms with Crippen LogP contribution in [0.5, 0.6) is 0 Å². The van der Waals surface area contributed by atoms with Crippen LogP contribution in [0.3, 0.4) is 0 Å². The van der Waals surface area contributed by atoms with E-state index in [0.717, 1.165) is 26.1 Å². The van der Waals surface area contributed by atoms with Crippen LogP contribution in [-0.4, -0.2) is 49.6 Å². The van der Waals surface area contributed by atoms with E-state index in [0.29, 0.717) is 5.92 Å². The molecule has 1 heterocycles. The van der Waals surface area contributed by atoms with Crippen molar-refractivity contribution in [1.29, 1.82) is 0 Å². The number of carbonyl (C=O) groups is 1. The zero-order valence-corrected chi connectivity index (χ0v) is 7.79. The molecule has 4 heteroatoms. The van der Waals surface area contributed by atoms with E-state index in [1.807, 2.05) is 4.90 Å². The third-order valence-electron chi connectivity index (χ3n) is 2.19. The van der Waals surface area contributed by atoms with E-state index in [4.69, 9.17) is 5.73 Å². The summed E-state index contributed by atoms with van der Waals surface area (Å²) in [5.41, 5.74) is 5.41. The fraction of sp³-hybridized carbons (Fsp3) is 0.875. The highest BCUT2D eigenvalue weighted by Gasteiger charge is 2.30. The zero-order chi connectivity index (χ0) is 9.14. The lowest BCUT2D eigenvalue weighted by Crippen LogP contribution is -2.53. The van der Waals surface area contributed by atoms with Gasteiger partial charge in [0.2, 0.25) is 0 Å². The summed E-state index contributed by atoms with van der Waals surface area (Å²) < 4.78 is 0. The summed E-state index contributed by atoms with van der Waals surface area (Å²) in [6.07, 6.45) is 1.04. The van der Waals surface area contributed by atoms with Crippen LogP contribution in [0, 0.1) is 5.92 Å². The Labute approximate surface area is 73.3 Å². The number of amides is 2. The van der Waals surface area contributed by atoms with Gasteiger partial charge in [-0.05, 0) is 18.9 Å². The monoisotopic (exact) mass is 171 g/mol. The highest BCUT2D eigenvalue weighted by atomic mass is 16.2. The average molecular weight is 171 g/mol. The Kier molecular flexibility index (Phi) is 2.92. The fourth-order valence-electron chi connectivity index (χ4n) is 1.43. The number of urea groups is 1. The number of hydrogen-bond acceptors (Lipinski definition) is 2. The van der Waals surface area contributed by atoms with E-state index in [2.05, 4.69) is 0 Å². The first-order valence-electron chi connectivity index (χ1n) is 4.31. The van der Waals surface area contributed by atoms with Gasteiger partial charge in [0.05, 0.1) is 0 Å². The van der Waals surface area contributed by atoms with Crippen LogP contribution in [0.1, 0.15) is 6.42 Å². The minimum absolute atomic E-state index is 0.114. The smallest absolute Gasteiger partial charge is 0.319 e. The van der Waals surface area contributed by atoms with Crippen LogP contribution in [0.2, 0.25) is 0 Å². The molecule has 70 valence electrons. The van der Waals surface area contributed by atoms with Crippen molar-refractivity contribution in [2.45, 2.75) is 6.42 Å². The van der Waals surface area contributed by atoms with Gasteiger partial charge in [-0.2, -0.15) is 0 Å². The van der Waals surface area contributed by atoms with Gasteiger partial charge in [0, 0.05) is 27.2 Å². The van der Waals surface area contributed by atoms with E-state index in [9.17, 15) is 4.79 Å². The van der Waals surface area contributed by atoms with E-state index in [-0.39, 0.29) is 6.03 Å². The predicted molar refractivity (Wildman–Crippen MR) is 47.8 cm³/mol. The first-order valence-corrected chi connectivity index (χ1v) is 4.31. The summed E-state index contributed by atoms with van der Waals surface area (Å²) in [7, 11) is 3.55. The van der Waals surface area contributed by atoms with E-state index in [1.54, 1.807) is 19.0 Å². The Hall–Kier alpha value is -0.770. The molecule has 1 fully saturated rings. The molecular weight excluding hydrogens is 154 g/mol. The molecular formula is C8H17N3O. The lowest BCUT2D eigenvalue weighted by atomic mass is 9.97. The number of nitrogens with zero attached hydrogens (tertiary/aromatic N) is 2. The first-order chi connectivity index (χ1) is 5.65. The van der Waals surface area contributed by atoms with Crippen molar-refractivity contribution in [3.8, 4) is 0 Å². The molecule has 1 aliphatic heterocycles. The Morgan fingerprint density at radius 3 is 2.58 bits per heavy atom. The highest BCUT2D eigenvalue weighted by Crippen LogP contribution is 2.18. The highest BCUT2D eigenvalue weighted by molar-refractivity contribution is 5.74. The molecule has 0 aromatic rings. The van der Waals surface area contributed by atoms with Gasteiger partial charge >= 0.3 is 6.03 Å². The van der Waals surface area contributed by atoms with Crippen molar-refractivity contribution < 1.29 is 4.79 Å². The van der Waals surface area contributed by atoms with E-state index < -0.39 is 0 Å². The van der Waals surface area contributed by atoms with Gasteiger partial charge < -0.3 is 15.5 Å². The standard InChI is InChI=1S/C8H17N3O/c1-10(2)8(12)11-5-7(6-11)3-4-9/h7H,3-6,9H2,1-2H3. The van der Waals surface area contributed by atoms with Crippen molar-refractivity contribution in [3.05, 3.63) is 0 Å². The van der Waals surface area contributed by atoms with Gasteiger partial charge in [-0.15, -0.1) is 0 Å². The third kappa shape index (κ3) is 1.88. The summed E-state index contributed by atoms with van der Waals surface area (Å²) in [6.45, 7) is 2.50. The van der Waals surface area contributed by atoms with Crippen LogP contribution in [0.15, 0.2) is 0 Å². The van der Waals surface area contributed by atoms with Gasteiger partial charge in [-0.25, -0.2) is 4.79 Å². The van der Waals surface area contributed by atoms with Crippen molar-refractivity contribution in [3.63, 3.8) is 0 Å². The van der Waals surface area contributed by atoms with Gasteiger partial charge in [0.15, 0.2) is 0 Å². The summed E-state index contributed by atoms with van der Waals surface area (Å²) in [4.78, 5) is 14.8. The molecule has 0 aromatic carbocycles. The second-order valence-corrected chi connectivity index (χ2v) is 3.53. The Morgan fingerprint density at radius 2 is 2.17 bits per heavy atom. The largest absolute Gasteiger partial charge is 0.331 e. The van der Waals surface area contributed by atoms with Gasteiger partial charge in [-0.1, -0.05) is 0 Å². The zero-order valence-electron chi connectivity index (χ0n) is 7.79. The molecule has 2 N–H and O–H groups in total. The molecule has 1 aliphatic rings. The number of hydrogen-bond donors (Lipinski definition) is 1. The topological polar surface area (TPSA) is 49.6 Å². The quantitative estimate of drug-likeness (QED) is 0.633. The SMILES string of the molecule is CN(C)C(=O)N1CC(CCN)C1. The average Bonchev–Trinajstić information content (AvgIpc) is 1.94. The minimum atomic E-state index is 0.114. The Balaban J connectivity index is 2.20. The van der Waals surface area contributed by atoms with Crippen LogP contribution in [-0.2, 0) is 0 Å². The number of rotatable bonds is 2. The molecule has 1 rings (SSSR count). The second kappa shape index (κ2) is 3.76. The fourth-order valence-corrected chi connectivity index (χ4v) is 1.43. The van der Waals surface area contributed by atoms with E-state index >= 15 is 0 Å². The predicted octanol–water partition coefficient (Wildman–Crippen LogP) is -0.0514. The van der Waals surface area contributed by atoms with Crippen molar-refractivity contribution in [2.75, 3.05) is 33.7 Å². The lowest BCUT2D eigenvalue weighted by Gasteiger charge is -2.40. The van der Waals surface area contributed by atoms with Gasteiger partial charge in [0.25, 0.3) is 0 Å². The molecule has 2 amide bonds. The molecule has 0 aromatic heterocycles. The van der Waals surface area contributed by atoms with Crippen molar-refractivity contribution in [2.24, 2.45) is 11.7 Å². The van der Waals surface area contributed by atoms with Crippen LogP contribution < -0.4 is 5.73 Å². The summed E-state index contributed by atoms with van der Waals surface area (Å²) in [5.74, 6) is 0.638. The molecule has 0 spiro atoms. The molecule has 0 saturated carbocycles. The number of carbonyl (C=O) groups excluding carboxylic acids is 1. The maximum absolute atomic E-state index is 11.3. The summed E-state index contributed by atoms with van der Waals surface area (Å²) in [5, 5.41) is 0. The van der Waals surface area contributed by atoms with Crippen molar-refractivity contribution in [1.82, 2.24) is 9.80 Å².